The Morgan fingerprint density at radius 1 is 1.35 bits per heavy atom. The molecule has 2 heterocycles. The van der Waals surface area contributed by atoms with E-state index >= 15 is 0 Å². The molecule has 7 heteroatoms. The first-order valence-corrected chi connectivity index (χ1v) is 8.22. The zero-order chi connectivity index (χ0) is 17.0. The van der Waals surface area contributed by atoms with Crippen LogP contribution in [-0.4, -0.2) is 72.2 Å². The van der Waals surface area contributed by atoms with E-state index < -0.39 is 0 Å². The standard InChI is InChI=1S/C16H30N6O/c1-12(2)23-14-10-13(19-15(17)20-14)18-11-16(21(3)4)6-8-22(5)9-7-16/h10,12H,6-9,11H2,1-5H3,(H3,17,18,19,20). The van der Waals surface area contributed by atoms with Gasteiger partial charge in [0.05, 0.1) is 6.10 Å². The van der Waals surface area contributed by atoms with Crippen molar-refractivity contribution in [1.29, 1.82) is 0 Å². The fourth-order valence-corrected chi connectivity index (χ4v) is 2.91. The van der Waals surface area contributed by atoms with E-state index in [0.29, 0.717) is 11.7 Å². The Balaban J connectivity index is 2.07. The molecule has 1 aliphatic rings. The number of nitrogens with two attached hydrogens (primary N) is 1. The molecule has 1 fully saturated rings. The van der Waals surface area contributed by atoms with Gasteiger partial charge in [-0.15, -0.1) is 0 Å². The normalized spacial score (nSPS) is 18.4. The average Bonchev–Trinajstić information content (AvgIpc) is 2.45. The minimum absolute atomic E-state index is 0.0548. The molecule has 0 atom stereocenters. The molecule has 1 aromatic heterocycles. The van der Waals surface area contributed by atoms with Crippen LogP contribution < -0.4 is 15.8 Å². The second-order valence-corrected chi connectivity index (χ2v) is 6.89. The van der Waals surface area contributed by atoms with Crippen molar-refractivity contribution in [3.63, 3.8) is 0 Å². The number of nitrogens with zero attached hydrogens (tertiary/aromatic N) is 4. The third-order valence-corrected chi connectivity index (χ3v) is 4.54. The second kappa shape index (κ2) is 7.31. The number of nitrogen functional groups attached to an aromatic ring is 1. The smallest absolute Gasteiger partial charge is 0.225 e. The molecule has 0 aliphatic carbocycles. The Kier molecular flexibility index (Phi) is 5.64. The summed E-state index contributed by atoms with van der Waals surface area (Å²) >= 11 is 0. The van der Waals surface area contributed by atoms with Gasteiger partial charge >= 0.3 is 0 Å². The van der Waals surface area contributed by atoms with Crippen LogP contribution in [0.15, 0.2) is 6.07 Å². The maximum absolute atomic E-state index is 5.80. The van der Waals surface area contributed by atoms with Gasteiger partial charge in [0, 0.05) is 18.2 Å². The largest absolute Gasteiger partial charge is 0.475 e. The Hall–Kier alpha value is -1.60. The number of nitrogens with one attached hydrogen (secondary N) is 1. The highest BCUT2D eigenvalue weighted by Gasteiger charge is 2.35. The van der Waals surface area contributed by atoms with Crippen molar-refractivity contribution in [2.24, 2.45) is 0 Å². The van der Waals surface area contributed by atoms with Crippen LogP contribution in [0.4, 0.5) is 11.8 Å². The predicted molar refractivity (Wildman–Crippen MR) is 93.8 cm³/mol. The van der Waals surface area contributed by atoms with Crippen LogP contribution in [0.2, 0.25) is 0 Å². The highest BCUT2D eigenvalue weighted by molar-refractivity contribution is 5.43. The number of piperidine rings is 1. The molecular formula is C16H30N6O. The summed E-state index contributed by atoms with van der Waals surface area (Å²) in [5.41, 5.74) is 5.93. The highest BCUT2D eigenvalue weighted by atomic mass is 16.5. The number of likely N-dealkylation sites (tertiary alicyclic amines) is 1. The number of rotatable bonds is 6. The Bertz CT molecular complexity index is 511. The fraction of sp³-hybridized carbons (Fsp3) is 0.750. The molecule has 130 valence electrons. The maximum Gasteiger partial charge on any atom is 0.225 e. The topological polar surface area (TPSA) is 79.5 Å². The molecule has 3 N–H and O–H groups in total. The van der Waals surface area contributed by atoms with E-state index in [1.54, 1.807) is 0 Å². The van der Waals surface area contributed by atoms with E-state index in [0.717, 1.165) is 32.5 Å². The number of hydrogen-bond donors (Lipinski definition) is 2. The molecule has 0 aromatic carbocycles. The summed E-state index contributed by atoms with van der Waals surface area (Å²) in [6.45, 7) is 6.96. The number of hydrogen-bond acceptors (Lipinski definition) is 7. The van der Waals surface area contributed by atoms with E-state index in [1.807, 2.05) is 19.9 Å². The van der Waals surface area contributed by atoms with Gasteiger partial charge in [-0.3, -0.25) is 0 Å². The summed E-state index contributed by atoms with van der Waals surface area (Å²) in [6, 6.07) is 1.81. The lowest BCUT2D eigenvalue weighted by Crippen LogP contribution is -2.55. The monoisotopic (exact) mass is 322 g/mol. The average molecular weight is 322 g/mol. The van der Waals surface area contributed by atoms with Crippen molar-refractivity contribution >= 4 is 11.8 Å². The highest BCUT2D eigenvalue weighted by Crippen LogP contribution is 2.27. The van der Waals surface area contributed by atoms with E-state index in [1.165, 1.54) is 0 Å². The van der Waals surface area contributed by atoms with Crippen LogP contribution in [0, 0.1) is 0 Å². The van der Waals surface area contributed by atoms with Gasteiger partial charge in [-0.05, 0) is 60.9 Å². The zero-order valence-electron chi connectivity index (χ0n) is 15.0. The van der Waals surface area contributed by atoms with Gasteiger partial charge in [0.2, 0.25) is 11.8 Å². The van der Waals surface area contributed by atoms with Gasteiger partial charge in [0.25, 0.3) is 0 Å². The Morgan fingerprint density at radius 3 is 2.57 bits per heavy atom. The molecule has 23 heavy (non-hydrogen) atoms. The van der Waals surface area contributed by atoms with Gasteiger partial charge < -0.3 is 25.6 Å². The molecule has 0 amide bonds. The minimum Gasteiger partial charge on any atom is -0.475 e. The van der Waals surface area contributed by atoms with Crippen LogP contribution in [0.1, 0.15) is 26.7 Å². The van der Waals surface area contributed by atoms with Crippen LogP contribution in [0.3, 0.4) is 0 Å². The van der Waals surface area contributed by atoms with Crippen molar-refractivity contribution in [2.75, 3.05) is 51.8 Å². The van der Waals surface area contributed by atoms with E-state index in [2.05, 4.69) is 46.2 Å². The van der Waals surface area contributed by atoms with Crippen LogP contribution >= 0.6 is 0 Å². The molecule has 7 nitrogen and oxygen atoms in total. The third-order valence-electron chi connectivity index (χ3n) is 4.54. The first-order valence-electron chi connectivity index (χ1n) is 8.22. The van der Waals surface area contributed by atoms with E-state index in [-0.39, 0.29) is 17.6 Å². The molecular weight excluding hydrogens is 292 g/mol. The molecule has 1 aromatic rings. The predicted octanol–water partition coefficient (Wildman–Crippen LogP) is 1.28. The summed E-state index contributed by atoms with van der Waals surface area (Å²) in [7, 11) is 6.47. The van der Waals surface area contributed by atoms with Gasteiger partial charge in [-0.2, -0.15) is 9.97 Å². The molecule has 0 radical (unpaired) electrons. The lowest BCUT2D eigenvalue weighted by molar-refractivity contribution is 0.0773. The lowest BCUT2D eigenvalue weighted by Gasteiger charge is -2.45. The van der Waals surface area contributed by atoms with Crippen LogP contribution in [0.5, 0.6) is 5.88 Å². The first-order chi connectivity index (χ1) is 10.8. The van der Waals surface area contributed by atoms with Crippen LogP contribution in [-0.2, 0) is 0 Å². The number of ether oxygens (including phenoxy) is 1. The lowest BCUT2D eigenvalue weighted by atomic mass is 9.86. The van der Waals surface area contributed by atoms with Crippen molar-refractivity contribution in [3.8, 4) is 5.88 Å². The summed E-state index contributed by atoms with van der Waals surface area (Å²) in [6.07, 6.45) is 2.30. The number of anilines is 2. The molecule has 1 aliphatic heterocycles. The van der Waals surface area contributed by atoms with Gasteiger partial charge in [0.1, 0.15) is 5.82 Å². The third kappa shape index (κ3) is 4.68. The molecule has 2 rings (SSSR count). The summed E-state index contributed by atoms with van der Waals surface area (Å²) in [4.78, 5) is 13.1. The van der Waals surface area contributed by atoms with Gasteiger partial charge in [-0.1, -0.05) is 0 Å². The molecule has 0 unspecified atom stereocenters. The van der Waals surface area contributed by atoms with Gasteiger partial charge in [0.15, 0.2) is 0 Å². The van der Waals surface area contributed by atoms with Crippen molar-refractivity contribution < 1.29 is 4.74 Å². The van der Waals surface area contributed by atoms with E-state index in [4.69, 9.17) is 10.5 Å². The van der Waals surface area contributed by atoms with Crippen LogP contribution in [0.25, 0.3) is 0 Å². The van der Waals surface area contributed by atoms with Crippen molar-refractivity contribution in [3.05, 3.63) is 6.07 Å². The fourth-order valence-electron chi connectivity index (χ4n) is 2.91. The number of aromatic nitrogens is 2. The summed E-state index contributed by atoms with van der Waals surface area (Å²) in [5.74, 6) is 1.46. The summed E-state index contributed by atoms with van der Waals surface area (Å²) < 4.78 is 5.63. The van der Waals surface area contributed by atoms with Gasteiger partial charge in [-0.25, -0.2) is 0 Å². The zero-order valence-corrected chi connectivity index (χ0v) is 15.0. The first kappa shape index (κ1) is 17.7. The maximum atomic E-state index is 5.80. The van der Waals surface area contributed by atoms with Crippen molar-refractivity contribution in [2.45, 2.75) is 38.3 Å². The minimum atomic E-state index is 0.0548. The van der Waals surface area contributed by atoms with E-state index in [9.17, 15) is 0 Å². The molecule has 0 saturated carbocycles. The number of likely N-dealkylation sites (N-methyl/N-ethyl adjacent to an activating group) is 1. The molecule has 0 bridgehead atoms. The second-order valence-electron chi connectivity index (χ2n) is 6.89. The molecule has 0 spiro atoms. The van der Waals surface area contributed by atoms with Crippen molar-refractivity contribution in [1.82, 2.24) is 19.8 Å². The summed E-state index contributed by atoms with van der Waals surface area (Å²) in [5, 5.41) is 3.43. The Labute approximate surface area is 139 Å². The SMILES string of the molecule is CC(C)Oc1cc(NCC2(N(C)C)CCN(C)CC2)nc(N)n1. The molecule has 1 saturated heterocycles. The Morgan fingerprint density at radius 2 is 2.00 bits per heavy atom. The quantitative estimate of drug-likeness (QED) is 0.817.